The fourth-order valence-electron chi connectivity index (χ4n) is 3.47. The van der Waals surface area contributed by atoms with Crippen LogP contribution in [-0.2, 0) is 0 Å². The Kier molecular flexibility index (Phi) is 3.76. The van der Waals surface area contributed by atoms with Crippen molar-refractivity contribution in [2.24, 2.45) is 0 Å². The van der Waals surface area contributed by atoms with Crippen LogP contribution in [-0.4, -0.2) is 52.7 Å². The third kappa shape index (κ3) is 2.90. The van der Waals surface area contributed by atoms with E-state index in [2.05, 4.69) is 33.0 Å². The second-order valence-corrected chi connectivity index (χ2v) is 8.09. The van der Waals surface area contributed by atoms with Crippen molar-refractivity contribution in [2.75, 3.05) is 38.1 Å². The number of aryl methyl sites for hydroxylation is 1. The van der Waals surface area contributed by atoms with E-state index in [-0.39, 0.29) is 5.63 Å². The number of imidazole rings is 1. The first-order valence-corrected chi connectivity index (χ1v) is 9.73. The van der Waals surface area contributed by atoms with Gasteiger partial charge in [-0.2, -0.15) is 5.10 Å². The maximum Gasteiger partial charge on any atom is 0.345 e. The van der Waals surface area contributed by atoms with Gasteiger partial charge in [0.2, 0.25) is 4.96 Å². The van der Waals surface area contributed by atoms with Gasteiger partial charge in [0.05, 0.1) is 17.5 Å². The Morgan fingerprint density at radius 1 is 1.15 bits per heavy atom. The molecule has 0 N–H and O–H groups in total. The highest BCUT2D eigenvalue weighted by atomic mass is 32.1. The molecule has 8 heteroatoms. The van der Waals surface area contributed by atoms with Gasteiger partial charge in [0.1, 0.15) is 10.6 Å². The smallest absolute Gasteiger partial charge is 0.345 e. The van der Waals surface area contributed by atoms with E-state index in [4.69, 9.17) is 4.42 Å². The number of hydrogen-bond acceptors (Lipinski definition) is 7. The predicted molar refractivity (Wildman–Crippen MR) is 107 cm³/mol. The van der Waals surface area contributed by atoms with Crippen LogP contribution in [0.15, 0.2) is 39.7 Å². The average molecular weight is 381 g/mol. The van der Waals surface area contributed by atoms with Crippen molar-refractivity contribution in [3.63, 3.8) is 0 Å². The van der Waals surface area contributed by atoms with Crippen molar-refractivity contribution in [3.8, 4) is 11.3 Å². The van der Waals surface area contributed by atoms with E-state index in [0.29, 0.717) is 16.8 Å². The highest BCUT2D eigenvalue weighted by molar-refractivity contribution is 7.16. The van der Waals surface area contributed by atoms with Crippen LogP contribution < -0.4 is 10.5 Å². The number of hydrogen-bond donors (Lipinski definition) is 0. The normalized spacial score (nSPS) is 15.9. The summed E-state index contributed by atoms with van der Waals surface area (Å²) in [6.45, 7) is 5.95. The lowest BCUT2D eigenvalue weighted by molar-refractivity contribution is 0.313. The summed E-state index contributed by atoms with van der Waals surface area (Å²) in [5, 5.41) is 6.18. The lowest BCUT2D eigenvalue weighted by atomic mass is 10.1. The molecule has 0 atom stereocenters. The molecular formula is C19H19N5O2S. The average Bonchev–Trinajstić information content (AvgIpc) is 3.18. The molecule has 27 heavy (non-hydrogen) atoms. The molecule has 0 spiro atoms. The fourth-order valence-corrected chi connectivity index (χ4v) is 4.19. The Morgan fingerprint density at radius 3 is 2.74 bits per heavy atom. The van der Waals surface area contributed by atoms with Crippen LogP contribution in [0.1, 0.15) is 5.01 Å². The van der Waals surface area contributed by atoms with E-state index in [1.54, 1.807) is 10.7 Å². The molecule has 1 aliphatic rings. The van der Waals surface area contributed by atoms with Crippen molar-refractivity contribution in [1.29, 1.82) is 0 Å². The number of likely N-dealkylation sites (N-methyl/N-ethyl adjacent to an activating group) is 1. The minimum Gasteiger partial charge on any atom is -0.422 e. The van der Waals surface area contributed by atoms with Gasteiger partial charge in [0, 0.05) is 43.3 Å². The molecule has 1 aliphatic heterocycles. The molecule has 1 fully saturated rings. The first-order chi connectivity index (χ1) is 13.1. The van der Waals surface area contributed by atoms with Crippen molar-refractivity contribution in [1.82, 2.24) is 19.5 Å². The summed E-state index contributed by atoms with van der Waals surface area (Å²) in [7, 11) is 2.13. The van der Waals surface area contributed by atoms with Gasteiger partial charge in [0.25, 0.3) is 0 Å². The number of aromatic nitrogens is 3. The summed E-state index contributed by atoms with van der Waals surface area (Å²) in [5.74, 6) is 0. The molecule has 0 aliphatic carbocycles. The fraction of sp³-hybridized carbons (Fsp3) is 0.316. The molecule has 0 saturated carbocycles. The van der Waals surface area contributed by atoms with Crippen molar-refractivity contribution in [3.05, 3.63) is 45.9 Å². The summed E-state index contributed by atoms with van der Waals surface area (Å²) >= 11 is 1.49. The molecule has 3 aromatic heterocycles. The Balaban J connectivity index is 1.53. The van der Waals surface area contributed by atoms with Crippen LogP contribution in [0.3, 0.4) is 0 Å². The topological polar surface area (TPSA) is 66.9 Å². The zero-order chi connectivity index (χ0) is 18.5. The Labute approximate surface area is 159 Å². The molecular weight excluding hydrogens is 362 g/mol. The largest absolute Gasteiger partial charge is 0.422 e. The molecule has 7 nitrogen and oxygen atoms in total. The highest BCUT2D eigenvalue weighted by Crippen LogP contribution is 2.26. The first kappa shape index (κ1) is 16.5. The molecule has 5 rings (SSSR count). The summed E-state index contributed by atoms with van der Waals surface area (Å²) in [5.41, 5.74) is 2.38. The van der Waals surface area contributed by atoms with Gasteiger partial charge in [0.15, 0.2) is 0 Å². The Morgan fingerprint density at radius 2 is 1.96 bits per heavy atom. The molecule has 1 aromatic carbocycles. The maximum atomic E-state index is 12.6. The summed E-state index contributed by atoms with van der Waals surface area (Å²) in [6, 6.07) is 7.92. The van der Waals surface area contributed by atoms with Crippen LogP contribution in [0, 0.1) is 6.92 Å². The zero-order valence-corrected chi connectivity index (χ0v) is 16.0. The standard InChI is InChI=1S/C19H19N5O2S/c1-12-21-24-11-16(20-19(24)27-12)15-9-13-3-4-14(10-17(13)26-18(15)25)23-7-5-22(2)6-8-23/h3-4,9-11H,5-8H2,1-2H3. The summed E-state index contributed by atoms with van der Waals surface area (Å²) in [6.07, 6.45) is 1.77. The number of rotatable bonds is 2. The van der Waals surface area contributed by atoms with Gasteiger partial charge in [-0.25, -0.2) is 14.3 Å². The molecule has 0 amide bonds. The van der Waals surface area contributed by atoms with E-state index in [9.17, 15) is 4.79 Å². The number of piperazine rings is 1. The third-order valence-electron chi connectivity index (χ3n) is 5.01. The van der Waals surface area contributed by atoms with E-state index in [1.807, 2.05) is 25.1 Å². The SMILES string of the molecule is Cc1nn2cc(-c3cc4ccc(N5CCN(C)CC5)cc4oc3=O)nc2s1. The minimum absolute atomic E-state index is 0.375. The van der Waals surface area contributed by atoms with Crippen LogP contribution >= 0.6 is 11.3 Å². The van der Waals surface area contributed by atoms with Gasteiger partial charge in [-0.3, -0.25) is 0 Å². The number of fused-ring (bicyclic) bond motifs is 2. The quantitative estimate of drug-likeness (QED) is 0.497. The monoisotopic (exact) mass is 381 g/mol. The van der Waals surface area contributed by atoms with Crippen LogP contribution in [0.5, 0.6) is 0 Å². The molecule has 4 heterocycles. The lowest BCUT2D eigenvalue weighted by Crippen LogP contribution is -2.44. The molecule has 0 radical (unpaired) electrons. The Hall–Kier alpha value is -2.71. The number of nitrogens with zero attached hydrogens (tertiary/aromatic N) is 5. The molecule has 138 valence electrons. The molecule has 0 bridgehead atoms. The van der Waals surface area contributed by atoms with Crippen molar-refractivity contribution < 1.29 is 4.42 Å². The number of benzene rings is 1. The predicted octanol–water partition coefficient (Wildman–Crippen LogP) is 2.62. The van der Waals surface area contributed by atoms with Gasteiger partial charge in [-0.05, 0) is 32.2 Å². The first-order valence-electron chi connectivity index (χ1n) is 8.91. The van der Waals surface area contributed by atoms with E-state index < -0.39 is 0 Å². The van der Waals surface area contributed by atoms with Crippen LogP contribution in [0.4, 0.5) is 5.69 Å². The zero-order valence-electron chi connectivity index (χ0n) is 15.2. The summed E-state index contributed by atoms with van der Waals surface area (Å²) in [4.78, 5) is 22.5. The van der Waals surface area contributed by atoms with Crippen LogP contribution in [0.2, 0.25) is 0 Å². The van der Waals surface area contributed by atoms with Gasteiger partial charge < -0.3 is 14.2 Å². The van der Waals surface area contributed by atoms with E-state index >= 15 is 0 Å². The second-order valence-electron chi connectivity index (χ2n) is 6.93. The van der Waals surface area contributed by atoms with Crippen LogP contribution in [0.25, 0.3) is 27.2 Å². The summed E-state index contributed by atoms with van der Waals surface area (Å²) < 4.78 is 7.34. The van der Waals surface area contributed by atoms with Gasteiger partial charge in [-0.15, -0.1) is 0 Å². The van der Waals surface area contributed by atoms with Crippen molar-refractivity contribution in [2.45, 2.75) is 6.92 Å². The molecule has 1 saturated heterocycles. The molecule has 4 aromatic rings. The molecule has 0 unspecified atom stereocenters. The minimum atomic E-state index is -0.375. The highest BCUT2D eigenvalue weighted by Gasteiger charge is 2.17. The van der Waals surface area contributed by atoms with Gasteiger partial charge >= 0.3 is 5.63 Å². The van der Waals surface area contributed by atoms with Gasteiger partial charge in [-0.1, -0.05) is 11.3 Å². The third-order valence-corrected chi connectivity index (χ3v) is 5.85. The van der Waals surface area contributed by atoms with E-state index in [0.717, 1.165) is 47.2 Å². The lowest BCUT2D eigenvalue weighted by Gasteiger charge is -2.34. The Bertz CT molecular complexity index is 1170. The van der Waals surface area contributed by atoms with Crippen molar-refractivity contribution >= 4 is 33.0 Å². The number of anilines is 1. The van der Waals surface area contributed by atoms with E-state index in [1.165, 1.54) is 11.3 Å². The maximum absolute atomic E-state index is 12.6. The second kappa shape index (κ2) is 6.17.